The molecule has 2 aromatic rings. The van der Waals surface area contributed by atoms with Crippen molar-refractivity contribution in [1.29, 1.82) is 0 Å². The lowest BCUT2D eigenvalue weighted by molar-refractivity contribution is 0.578. The molecule has 8 heteroatoms. The molecule has 108 valence electrons. The summed E-state index contributed by atoms with van der Waals surface area (Å²) in [4.78, 5) is 4.16. The van der Waals surface area contributed by atoms with E-state index in [4.69, 9.17) is 0 Å². The van der Waals surface area contributed by atoms with Crippen molar-refractivity contribution in [3.63, 3.8) is 0 Å². The highest BCUT2D eigenvalue weighted by atomic mass is 32.2. The Morgan fingerprint density at radius 1 is 1.30 bits per heavy atom. The summed E-state index contributed by atoms with van der Waals surface area (Å²) < 4.78 is 27.1. The largest absolute Gasteiger partial charge is 0.316 e. The van der Waals surface area contributed by atoms with Gasteiger partial charge >= 0.3 is 0 Å². The van der Waals surface area contributed by atoms with E-state index in [2.05, 4.69) is 25.2 Å². The summed E-state index contributed by atoms with van der Waals surface area (Å²) in [6, 6.07) is 5.24. The summed E-state index contributed by atoms with van der Waals surface area (Å²) in [6.07, 6.45) is 1.34. The molecule has 7 nitrogen and oxygen atoms in total. The Morgan fingerprint density at radius 2 is 2.10 bits per heavy atom. The summed E-state index contributed by atoms with van der Waals surface area (Å²) in [5.74, 6) is 0.470. The van der Waals surface area contributed by atoms with E-state index in [-0.39, 0.29) is 11.4 Å². The number of hydrogen-bond acceptors (Lipinski definition) is 5. The Hall–Kier alpha value is -1.77. The molecule has 0 spiro atoms. The van der Waals surface area contributed by atoms with Crippen molar-refractivity contribution in [2.24, 2.45) is 0 Å². The zero-order valence-corrected chi connectivity index (χ0v) is 12.2. The number of sulfonamides is 1. The maximum Gasteiger partial charge on any atom is 0.241 e. The number of nitrogens with zero attached hydrogens (tertiary/aromatic N) is 2. The molecule has 0 saturated carbocycles. The summed E-state index contributed by atoms with van der Waals surface area (Å²) >= 11 is 0. The van der Waals surface area contributed by atoms with Crippen molar-refractivity contribution in [2.75, 3.05) is 7.05 Å². The molecular weight excluding hydrogens is 278 g/mol. The second-order valence-corrected chi connectivity index (χ2v) is 6.06. The van der Waals surface area contributed by atoms with Crippen LogP contribution >= 0.6 is 0 Å². The number of H-pyrrole nitrogens is 1. The van der Waals surface area contributed by atoms with Gasteiger partial charge in [0.05, 0.1) is 11.4 Å². The van der Waals surface area contributed by atoms with Crippen molar-refractivity contribution >= 4 is 10.0 Å². The molecule has 1 heterocycles. The topological polar surface area (TPSA) is 99.8 Å². The lowest BCUT2D eigenvalue weighted by Gasteiger charge is -2.12. The SMILES string of the molecule is CNCc1cccc(S(=O)(=O)NCc2ncn[nH]2)c1C. The predicted molar refractivity (Wildman–Crippen MR) is 74.4 cm³/mol. The van der Waals surface area contributed by atoms with Crippen LogP contribution in [0.15, 0.2) is 29.4 Å². The Morgan fingerprint density at radius 3 is 2.75 bits per heavy atom. The molecule has 1 aromatic heterocycles. The molecule has 20 heavy (non-hydrogen) atoms. The highest BCUT2D eigenvalue weighted by Crippen LogP contribution is 2.18. The molecule has 0 aliphatic carbocycles. The molecule has 0 radical (unpaired) electrons. The average Bonchev–Trinajstić information content (AvgIpc) is 2.92. The van der Waals surface area contributed by atoms with E-state index >= 15 is 0 Å². The molecule has 0 atom stereocenters. The number of aromatic amines is 1. The third kappa shape index (κ3) is 3.21. The molecule has 0 unspecified atom stereocenters. The standard InChI is InChI=1S/C12H17N5O2S/c1-9-10(6-13-2)4-3-5-11(9)20(18,19)16-7-12-14-8-15-17-12/h3-5,8,13,16H,6-7H2,1-2H3,(H,14,15,17). The van der Waals surface area contributed by atoms with E-state index in [1.165, 1.54) is 6.33 Å². The number of rotatable bonds is 6. The minimum atomic E-state index is -3.57. The first-order valence-electron chi connectivity index (χ1n) is 6.11. The van der Waals surface area contributed by atoms with Gasteiger partial charge in [0, 0.05) is 6.54 Å². The zero-order valence-electron chi connectivity index (χ0n) is 11.3. The van der Waals surface area contributed by atoms with Gasteiger partial charge in [-0.25, -0.2) is 18.1 Å². The van der Waals surface area contributed by atoms with E-state index in [0.717, 1.165) is 11.1 Å². The zero-order chi connectivity index (χ0) is 14.6. The van der Waals surface area contributed by atoms with Crippen molar-refractivity contribution < 1.29 is 8.42 Å². The lowest BCUT2D eigenvalue weighted by Crippen LogP contribution is -2.25. The Balaban J connectivity index is 2.23. The molecule has 2 rings (SSSR count). The van der Waals surface area contributed by atoms with Crippen LogP contribution in [0.3, 0.4) is 0 Å². The van der Waals surface area contributed by atoms with Gasteiger partial charge in [-0.05, 0) is 31.2 Å². The highest BCUT2D eigenvalue weighted by Gasteiger charge is 2.18. The first-order chi connectivity index (χ1) is 9.54. The van der Waals surface area contributed by atoms with Crippen LogP contribution in [0.25, 0.3) is 0 Å². The number of nitrogens with one attached hydrogen (secondary N) is 3. The quantitative estimate of drug-likeness (QED) is 0.712. The van der Waals surface area contributed by atoms with Gasteiger partial charge in [-0.3, -0.25) is 5.10 Å². The molecule has 0 bridgehead atoms. The first-order valence-corrected chi connectivity index (χ1v) is 7.60. The normalized spacial score (nSPS) is 11.7. The van der Waals surface area contributed by atoms with Crippen molar-refractivity contribution in [3.05, 3.63) is 41.5 Å². The van der Waals surface area contributed by atoms with Crippen LogP contribution in [-0.4, -0.2) is 30.6 Å². The summed E-state index contributed by atoms with van der Waals surface area (Å²) in [7, 11) is -1.75. The van der Waals surface area contributed by atoms with Crippen molar-refractivity contribution in [1.82, 2.24) is 25.2 Å². The molecular formula is C12H17N5O2S. The number of hydrogen-bond donors (Lipinski definition) is 3. The summed E-state index contributed by atoms with van der Waals surface area (Å²) in [5.41, 5.74) is 1.70. The van der Waals surface area contributed by atoms with E-state index in [0.29, 0.717) is 12.4 Å². The van der Waals surface area contributed by atoms with Gasteiger partial charge < -0.3 is 5.32 Å². The van der Waals surface area contributed by atoms with Crippen LogP contribution in [-0.2, 0) is 23.1 Å². The molecule has 3 N–H and O–H groups in total. The molecule has 0 fully saturated rings. The smallest absolute Gasteiger partial charge is 0.241 e. The number of aromatic nitrogens is 3. The molecule has 0 aliphatic heterocycles. The Labute approximate surface area is 117 Å². The lowest BCUT2D eigenvalue weighted by atomic mass is 10.1. The molecule has 0 saturated heterocycles. The fraction of sp³-hybridized carbons (Fsp3) is 0.333. The van der Waals surface area contributed by atoms with Gasteiger partial charge in [-0.2, -0.15) is 5.10 Å². The van der Waals surface area contributed by atoms with Gasteiger partial charge in [0.2, 0.25) is 10.0 Å². The summed E-state index contributed by atoms with van der Waals surface area (Å²) in [6.45, 7) is 2.50. The van der Waals surface area contributed by atoms with Gasteiger partial charge in [-0.1, -0.05) is 12.1 Å². The second kappa shape index (κ2) is 6.12. The molecule has 0 amide bonds. The fourth-order valence-electron chi connectivity index (χ4n) is 1.89. The summed E-state index contributed by atoms with van der Waals surface area (Å²) in [5, 5.41) is 9.30. The minimum Gasteiger partial charge on any atom is -0.316 e. The van der Waals surface area contributed by atoms with Crippen LogP contribution in [0.1, 0.15) is 17.0 Å². The minimum absolute atomic E-state index is 0.0814. The van der Waals surface area contributed by atoms with E-state index < -0.39 is 10.0 Å². The van der Waals surface area contributed by atoms with E-state index in [1.54, 1.807) is 19.1 Å². The van der Waals surface area contributed by atoms with Gasteiger partial charge in [0.15, 0.2) is 0 Å². The van der Waals surface area contributed by atoms with Gasteiger partial charge in [0.1, 0.15) is 12.2 Å². The fourth-order valence-corrected chi connectivity index (χ4v) is 3.16. The van der Waals surface area contributed by atoms with Crippen LogP contribution < -0.4 is 10.0 Å². The average molecular weight is 295 g/mol. The second-order valence-electron chi connectivity index (χ2n) is 4.33. The number of benzene rings is 1. The predicted octanol–water partition coefficient (Wildman–Crippen LogP) is 0.311. The monoisotopic (exact) mass is 295 g/mol. The van der Waals surface area contributed by atoms with E-state index in [1.807, 2.05) is 13.1 Å². The van der Waals surface area contributed by atoms with Crippen LogP contribution in [0.5, 0.6) is 0 Å². The van der Waals surface area contributed by atoms with Crippen molar-refractivity contribution in [3.8, 4) is 0 Å². The van der Waals surface area contributed by atoms with Crippen LogP contribution in [0.4, 0.5) is 0 Å². The van der Waals surface area contributed by atoms with Gasteiger partial charge in [-0.15, -0.1) is 0 Å². The van der Waals surface area contributed by atoms with Crippen LogP contribution in [0, 0.1) is 6.92 Å². The molecule has 1 aromatic carbocycles. The van der Waals surface area contributed by atoms with Crippen molar-refractivity contribution in [2.45, 2.75) is 24.9 Å². The maximum atomic E-state index is 12.3. The molecule has 0 aliphatic rings. The van der Waals surface area contributed by atoms with E-state index in [9.17, 15) is 8.42 Å². The Bertz CT molecular complexity index is 667. The third-order valence-electron chi connectivity index (χ3n) is 2.95. The van der Waals surface area contributed by atoms with Gasteiger partial charge in [0.25, 0.3) is 0 Å². The third-order valence-corrected chi connectivity index (χ3v) is 4.49. The highest BCUT2D eigenvalue weighted by molar-refractivity contribution is 7.89. The van der Waals surface area contributed by atoms with Crippen LogP contribution in [0.2, 0.25) is 0 Å². The Kier molecular flexibility index (Phi) is 4.48. The maximum absolute atomic E-state index is 12.3. The first kappa shape index (κ1) is 14.6.